The summed E-state index contributed by atoms with van der Waals surface area (Å²) >= 11 is 1.34. The SMILES string of the molecule is COc1cccc(NC(=O)c2sc(-c3ccccc3)cc2OCC(=O)N2CCCCC2)c1. The molecule has 0 unspecified atom stereocenters. The summed E-state index contributed by atoms with van der Waals surface area (Å²) in [6, 6.07) is 18.8. The number of thiophene rings is 1. The summed E-state index contributed by atoms with van der Waals surface area (Å²) in [5.74, 6) is 0.740. The zero-order valence-corrected chi connectivity index (χ0v) is 18.8. The molecule has 0 atom stereocenters. The Balaban J connectivity index is 1.55. The lowest BCUT2D eigenvalue weighted by molar-refractivity contribution is -0.134. The summed E-state index contributed by atoms with van der Waals surface area (Å²) in [5.41, 5.74) is 1.62. The summed E-state index contributed by atoms with van der Waals surface area (Å²) in [6.45, 7) is 1.46. The van der Waals surface area contributed by atoms with Crippen LogP contribution in [0, 0.1) is 0 Å². The van der Waals surface area contributed by atoms with Gasteiger partial charge in [0, 0.05) is 29.7 Å². The van der Waals surface area contributed by atoms with Crippen LogP contribution in [0.3, 0.4) is 0 Å². The maximum Gasteiger partial charge on any atom is 0.269 e. The molecule has 1 aliphatic heterocycles. The molecular weight excluding hydrogens is 424 g/mol. The fourth-order valence-corrected chi connectivity index (χ4v) is 4.65. The summed E-state index contributed by atoms with van der Waals surface area (Å²) in [6.07, 6.45) is 3.21. The first-order valence-corrected chi connectivity index (χ1v) is 11.5. The van der Waals surface area contributed by atoms with Crippen LogP contribution in [0.15, 0.2) is 60.7 Å². The number of carbonyl (C=O) groups is 2. The molecule has 0 bridgehead atoms. The highest BCUT2D eigenvalue weighted by Crippen LogP contribution is 2.37. The molecule has 7 heteroatoms. The maximum absolute atomic E-state index is 13.1. The lowest BCUT2D eigenvalue weighted by Crippen LogP contribution is -2.38. The molecule has 0 radical (unpaired) electrons. The number of carbonyl (C=O) groups excluding carboxylic acids is 2. The Labute approximate surface area is 191 Å². The zero-order valence-electron chi connectivity index (χ0n) is 18.0. The highest BCUT2D eigenvalue weighted by Gasteiger charge is 2.22. The average Bonchev–Trinajstić information content (AvgIpc) is 3.28. The summed E-state index contributed by atoms with van der Waals surface area (Å²) in [5, 5.41) is 2.91. The molecule has 0 aliphatic carbocycles. The van der Waals surface area contributed by atoms with Crippen LogP contribution in [-0.2, 0) is 4.79 Å². The minimum Gasteiger partial charge on any atom is -0.497 e. The fraction of sp³-hybridized carbons (Fsp3) is 0.280. The monoisotopic (exact) mass is 450 g/mol. The van der Waals surface area contributed by atoms with Crippen LogP contribution < -0.4 is 14.8 Å². The Morgan fingerprint density at radius 1 is 1.00 bits per heavy atom. The Hall–Kier alpha value is -3.32. The molecule has 2 aromatic carbocycles. The molecule has 1 fully saturated rings. The lowest BCUT2D eigenvalue weighted by atomic mass is 10.1. The van der Waals surface area contributed by atoms with Gasteiger partial charge >= 0.3 is 0 Å². The first kappa shape index (κ1) is 21.9. The van der Waals surface area contributed by atoms with Gasteiger partial charge in [0.2, 0.25) is 0 Å². The van der Waals surface area contributed by atoms with E-state index in [1.54, 1.807) is 19.2 Å². The van der Waals surface area contributed by atoms with Gasteiger partial charge in [-0.1, -0.05) is 36.4 Å². The van der Waals surface area contributed by atoms with Crippen LogP contribution in [-0.4, -0.2) is 43.5 Å². The average molecular weight is 451 g/mol. The summed E-state index contributed by atoms with van der Waals surface area (Å²) in [7, 11) is 1.58. The number of hydrogen-bond donors (Lipinski definition) is 1. The van der Waals surface area contributed by atoms with Gasteiger partial charge in [-0.05, 0) is 43.0 Å². The number of rotatable bonds is 7. The minimum absolute atomic E-state index is 0.0451. The van der Waals surface area contributed by atoms with Crippen molar-refractivity contribution in [2.45, 2.75) is 19.3 Å². The molecule has 1 aliphatic rings. The molecule has 1 aromatic heterocycles. The molecule has 166 valence electrons. The highest BCUT2D eigenvalue weighted by atomic mass is 32.1. The van der Waals surface area contributed by atoms with E-state index in [9.17, 15) is 9.59 Å². The third-order valence-corrected chi connectivity index (χ3v) is 6.51. The van der Waals surface area contributed by atoms with Gasteiger partial charge in [0.15, 0.2) is 6.61 Å². The number of amides is 2. The van der Waals surface area contributed by atoms with E-state index in [1.165, 1.54) is 11.3 Å². The van der Waals surface area contributed by atoms with E-state index in [1.807, 2.05) is 53.4 Å². The molecule has 4 rings (SSSR count). The molecule has 0 spiro atoms. The van der Waals surface area contributed by atoms with Gasteiger partial charge in [-0.3, -0.25) is 9.59 Å². The smallest absolute Gasteiger partial charge is 0.269 e. The molecule has 1 N–H and O–H groups in total. The highest BCUT2D eigenvalue weighted by molar-refractivity contribution is 7.17. The van der Waals surface area contributed by atoms with Gasteiger partial charge in [0.05, 0.1) is 7.11 Å². The van der Waals surface area contributed by atoms with E-state index >= 15 is 0 Å². The summed E-state index contributed by atoms with van der Waals surface area (Å²) in [4.78, 5) is 28.9. The van der Waals surface area contributed by atoms with E-state index in [2.05, 4.69) is 5.32 Å². The van der Waals surface area contributed by atoms with Crippen LogP contribution in [0.5, 0.6) is 11.5 Å². The Morgan fingerprint density at radius 2 is 1.78 bits per heavy atom. The lowest BCUT2D eigenvalue weighted by Gasteiger charge is -2.26. The van der Waals surface area contributed by atoms with Crippen molar-refractivity contribution < 1.29 is 19.1 Å². The van der Waals surface area contributed by atoms with Crippen LogP contribution >= 0.6 is 11.3 Å². The number of anilines is 1. The van der Waals surface area contributed by atoms with Crippen molar-refractivity contribution in [2.24, 2.45) is 0 Å². The van der Waals surface area contributed by atoms with Gasteiger partial charge < -0.3 is 19.7 Å². The van der Waals surface area contributed by atoms with Gasteiger partial charge in [-0.2, -0.15) is 0 Å². The quantitative estimate of drug-likeness (QED) is 0.546. The standard InChI is InChI=1S/C25H26N2O4S/c1-30-20-12-8-11-19(15-20)26-25(29)24-21(16-22(32-24)18-9-4-2-5-10-18)31-17-23(28)27-13-6-3-7-14-27/h2,4-5,8-12,15-16H,3,6-7,13-14,17H2,1H3,(H,26,29). The normalized spacial score (nSPS) is 13.5. The third-order valence-electron chi connectivity index (χ3n) is 5.35. The maximum atomic E-state index is 13.1. The minimum atomic E-state index is -0.286. The molecule has 0 saturated carbocycles. The second kappa shape index (κ2) is 10.3. The number of nitrogens with one attached hydrogen (secondary N) is 1. The Kier molecular flexibility index (Phi) is 7.07. The van der Waals surface area contributed by atoms with Crippen molar-refractivity contribution in [1.82, 2.24) is 4.90 Å². The van der Waals surface area contributed by atoms with E-state index in [-0.39, 0.29) is 18.4 Å². The molecule has 1 saturated heterocycles. The molecule has 2 amide bonds. The first-order chi connectivity index (χ1) is 15.6. The van der Waals surface area contributed by atoms with Crippen molar-refractivity contribution in [3.05, 3.63) is 65.5 Å². The Bertz CT molecular complexity index is 1070. The second-order valence-corrected chi connectivity index (χ2v) is 8.64. The van der Waals surface area contributed by atoms with E-state index in [0.29, 0.717) is 22.1 Å². The zero-order chi connectivity index (χ0) is 22.3. The fourth-order valence-electron chi connectivity index (χ4n) is 3.65. The molecule has 3 aromatic rings. The number of methoxy groups -OCH3 is 1. The van der Waals surface area contributed by atoms with Crippen LogP contribution in [0.2, 0.25) is 0 Å². The van der Waals surface area contributed by atoms with Crippen molar-refractivity contribution in [1.29, 1.82) is 0 Å². The van der Waals surface area contributed by atoms with Crippen LogP contribution in [0.1, 0.15) is 28.9 Å². The van der Waals surface area contributed by atoms with Crippen molar-refractivity contribution in [3.8, 4) is 21.9 Å². The van der Waals surface area contributed by atoms with E-state index < -0.39 is 0 Å². The predicted molar refractivity (Wildman–Crippen MR) is 127 cm³/mol. The van der Waals surface area contributed by atoms with Gasteiger partial charge in [-0.25, -0.2) is 0 Å². The van der Waals surface area contributed by atoms with Gasteiger partial charge in [0.25, 0.3) is 11.8 Å². The van der Waals surface area contributed by atoms with Gasteiger partial charge in [-0.15, -0.1) is 11.3 Å². The predicted octanol–water partition coefficient (Wildman–Crippen LogP) is 5.07. The Morgan fingerprint density at radius 3 is 2.53 bits per heavy atom. The van der Waals surface area contributed by atoms with E-state index in [0.717, 1.165) is 42.8 Å². The topological polar surface area (TPSA) is 67.9 Å². The van der Waals surface area contributed by atoms with Crippen LogP contribution in [0.4, 0.5) is 5.69 Å². The summed E-state index contributed by atoms with van der Waals surface area (Å²) < 4.78 is 11.1. The van der Waals surface area contributed by atoms with Crippen molar-refractivity contribution in [2.75, 3.05) is 32.1 Å². The second-order valence-electron chi connectivity index (χ2n) is 7.59. The number of likely N-dealkylation sites (tertiary alicyclic amines) is 1. The molecule has 6 nitrogen and oxygen atoms in total. The van der Waals surface area contributed by atoms with Crippen molar-refractivity contribution >= 4 is 28.8 Å². The number of benzene rings is 2. The number of nitrogens with zero attached hydrogens (tertiary/aromatic N) is 1. The molecule has 2 heterocycles. The third kappa shape index (κ3) is 5.29. The largest absolute Gasteiger partial charge is 0.497 e. The van der Waals surface area contributed by atoms with Gasteiger partial charge in [0.1, 0.15) is 16.4 Å². The van der Waals surface area contributed by atoms with E-state index in [4.69, 9.17) is 9.47 Å². The van der Waals surface area contributed by atoms with Crippen molar-refractivity contribution in [3.63, 3.8) is 0 Å². The number of ether oxygens (including phenoxy) is 2. The molecular formula is C25H26N2O4S. The molecule has 32 heavy (non-hydrogen) atoms. The van der Waals surface area contributed by atoms with Crippen LogP contribution in [0.25, 0.3) is 10.4 Å². The first-order valence-electron chi connectivity index (χ1n) is 10.7. The number of piperidine rings is 1. The number of hydrogen-bond acceptors (Lipinski definition) is 5.